The van der Waals surface area contributed by atoms with Crippen LogP contribution in [0.1, 0.15) is 38.9 Å². The van der Waals surface area contributed by atoms with Crippen LogP contribution in [0.5, 0.6) is 0 Å². The molecule has 0 amide bonds. The van der Waals surface area contributed by atoms with E-state index in [4.69, 9.17) is 5.73 Å². The first-order valence-electron chi connectivity index (χ1n) is 6.48. The van der Waals surface area contributed by atoms with Gasteiger partial charge in [-0.2, -0.15) is 15.0 Å². The van der Waals surface area contributed by atoms with Gasteiger partial charge in [0.2, 0.25) is 11.9 Å². The normalized spacial score (nSPS) is 19.9. The zero-order valence-corrected chi connectivity index (χ0v) is 10.7. The number of hydrogen-bond acceptors (Lipinski definition) is 5. The quantitative estimate of drug-likeness (QED) is 0.859. The molecular weight excluding hydrogens is 214 g/mol. The molecule has 5 heteroatoms. The molecule has 94 valence electrons. The van der Waals surface area contributed by atoms with Crippen LogP contribution in [0.4, 0.5) is 11.9 Å². The van der Waals surface area contributed by atoms with E-state index in [0.29, 0.717) is 5.95 Å². The van der Waals surface area contributed by atoms with E-state index in [1.54, 1.807) is 0 Å². The molecule has 0 aromatic carbocycles. The summed E-state index contributed by atoms with van der Waals surface area (Å²) in [6.07, 6.45) is 4.57. The molecule has 1 aliphatic heterocycles. The first-order chi connectivity index (χ1) is 8.22. The SMILES string of the molecule is CCCC1CCN(c2nc(N)nc(CC)n2)C1. The third kappa shape index (κ3) is 2.84. The van der Waals surface area contributed by atoms with Crippen LogP contribution in [0, 0.1) is 5.92 Å². The Morgan fingerprint density at radius 3 is 2.82 bits per heavy atom. The molecular formula is C12H21N5. The van der Waals surface area contributed by atoms with E-state index >= 15 is 0 Å². The summed E-state index contributed by atoms with van der Waals surface area (Å²) in [6.45, 7) is 6.36. The maximum atomic E-state index is 5.71. The number of aromatic nitrogens is 3. The predicted octanol–water partition coefficient (Wildman–Crippen LogP) is 1.64. The molecule has 1 aromatic heterocycles. The van der Waals surface area contributed by atoms with E-state index in [9.17, 15) is 0 Å². The minimum atomic E-state index is 0.339. The maximum Gasteiger partial charge on any atom is 0.230 e. The Hall–Kier alpha value is -1.39. The molecule has 0 saturated carbocycles. The van der Waals surface area contributed by atoms with Crippen molar-refractivity contribution in [3.05, 3.63) is 5.82 Å². The molecule has 0 spiro atoms. The van der Waals surface area contributed by atoms with Gasteiger partial charge in [-0.15, -0.1) is 0 Å². The molecule has 0 radical (unpaired) electrons. The highest BCUT2D eigenvalue weighted by atomic mass is 15.3. The highest BCUT2D eigenvalue weighted by Gasteiger charge is 2.24. The van der Waals surface area contributed by atoms with Crippen molar-refractivity contribution >= 4 is 11.9 Å². The lowest BCUT2D eigenvalue weighted by Crippen LogP contribution is -2.23. The summed E-state index contributed by atoms with van der Waals surface area (Å²) in [5.74, 6) is 2.66. The average molecular weight is 235 g/mol. The van der Waals surface area contributed by atoms with E-state index in [1.807, 2.05) is 6.92 Å². The second-order valence-corrected chi connectivity index (χ2v) is 4.65. The smallest absolute Gasteiger partial charge is 0.230 e. The van der Waals surface area contributed by atoms with Gasteiger partial charge in [0.05, 0.1) is 0 Å². The van der Waals surface area contributed by atoms with Crippen LogP contribution in [0.15, 0.2) is 0 Å². The van der Waals surface area contributed by atoms with Crippen LogP contribution in [0.3, 0.4) is 0 Å². The number of nitrogens with zero attached hydrogens (tertiary/aromatic N) is 4. The Balaban J connectivity index is 2.10. The number of anilines is 2. The molecule has 2 rings (SSSR count). The van der Waals surface area contributed by atoms with Crippen LogP contribution < -0.4 is 10.6 Å². The van der Waals surface area contributed by atoms with Gasteiger partial charge in [0.25, 0.3) is 0 Å². The largest absolute Gasteiger partial charge is 0.368 e. The molecule has 1 fully saturated rings. The standard InChI is InChI=1S/C12H21N5/c1-3-5-9-6-7-17(8-9)12-15-10(4-2)14-11(13)16-12/h9H,3-8H2,1-2H3,(H2,13,14,15,16). The highest BCUT2D eigenvalue weighted by molar-refractivity contribution is 5.36. The van der Waals surface area contributed by atoms with Crippen molar-refractivity contribution in [3.63, 3.8) is 0 Å². The molecule has 1 atom stereocenters. The lowest BCUT2D eigenvalue weighted by molar-refractivity contribution is 0.529. The lowest BCUT2D eigenvalue weighted by Gasteiger charge is -2.16. The van der Waals surface area contributed by atoms with Crippen molar-refractivity contribution in [2.45, 2.75) is 39.5 Å². The van der Waals surface area contributed by atoms with Crippen LogP contribution in [0.2, 0.25) is 0 Å². The van der Waals surface area contributed by atoms with Crippen LogP contribution in [-0.4, -0.2) is 28.0 Å². The molecule has 0 aliphatic carbocycles. The van der Waals surface area contributed by atoms with Crippen LogP contribution >= 0.6 is 0 Å². The number of nitrogens with two attached hydrogens (primary N) is 1. The first-order valence-corrected chi connectivity index (χ1v) is 6.48. The summed E-state index contributed by atoms with van der Waals surface area (Å²) in [4.78, 5) is 15.0. The van der Waals surface area contributed by atoms with Crippen LogP contribution in [0.25, 0.3) is 0 Å². The molecule has 1 unspecified atom stereocenters. The Bertz CT molecular complexity index is 379. The summed E-state index contributed by atoms with van der Waals surface area (Å²) in [5.41, 5.74) is 5.71. The number of rotatable bonds is 4. The third-order valence-corrected chi connectivity index (χ3v) is 3.27. The highest BCUT2D eigenvalue weighted by Crippen LogP contribution is 2.24. The van der Waals surface area contributed by atoms with Crippen molar-refractivity contribution in [1.82, 2.24) is 15.0 Å². The Morgan fingerprint density at radius 2 is 2.12 bits per heavy atom. The Labute approximate surface area is 102 Å². The molecule has 2 N–H and O–H groups in total. The molecule has 1 saturated heterocycles. The fourth-order valence-corrected chi connectivity index (χ4v) is 2.38. The molecule has 1 aromatic rings. The summed E-state index contributed by atoms with van der Waals surface area (Å²) in [7, 11) is 0. The molecule has 0 bridgehead atoms. The van der Waals surface area contributed by atoms with Crippen molar-refractivity contribution in [3.8, 4) is 0 Å². The summed E-state index contributed by atoms with van der Waals surface area (Å²) in [6, 6.07) is 0. The first kappa shape index (κ1) is 12.1. The summed E-state index contributed by atoms with van der Waals surface area (Å²) >= 11 is 0. The van der Waals surface area contributed by atoms with Gasteiger partial charge in [-0.3, -0.25) is 0 Å². The molecule has 17 heavy (non-hydrogen) atoms. The van der Waals surface area contributed by atoms with Crippen LogP contribution in [-0.2, 0) is 6.42 Å². The van der Waals surface area contributed by atoms with Gasteiger partial charge in [0.15, 0.2) is 0 Å². The van der Waals surface area contributed by atoms with E-state index in [1.165, 1.54) is 19.3 Å². The van der Waals surface area contributed by atoms with Gasteiger partial charge in [-0.25, -0.2) is 0 Å². The molecule has 5 nitrogen and oxygen atoms in total. The monoisotopic (exact) mass is 235 g/mol. The number of hydrogen-bond donors (Lipinski definition) is 1. The maximum absolute atomic E-state index is 5.71. The fourth-order valence-electron chi connectivity index (χ4n) is 2.38. The van der Waals surface area contributed by atoms with Crippen molar-refractivity contribution in [2.75, 3.05) is 23.7 Å². The predicted molar refractivity (Wildman–Crippen MR) is 68.8 cm³/mol. The zero-order chi connectivity index (χ0) is 12.3. The topological polar surface area (TPSA) is 67.9 Å². The van der Waals surface area contributed by atoms with Crippen molar-refractivity contribution in [2.24, 2.45) is 5.92 Å². The minimum Gasteiger partial charge on any atom is -0.368 e. The molecule has 2 heterocycles. The lowest BCUT2D eigenvalue weighted by atomic mass is 10.0. The number of aryl methyl sites for hydroxylation is 1. The zero-order valence-electron chi connectivity index (χ0n) is 10.7. The second-order valence-electron chi connectivity index (χ2n) is 4.65. The van der Waals surface area contributed by atoms with Gasteiger partial charge >= 0.3 is 0 Å². The second kappa shape index (κ2) is 5.29. The van der Waals surface area contributed by atoms with E-state index in [2.05, 4.69) is 26.8 Å². The van der Waals surface area contributed by atoms with Gasteiger partial charge in [-0.1, -0.05) is 20.3 Å². The fraction of sp³-hybridized carbons (Fsp3) is 0.750. The Kier molecular flexibility index (Phi) is 3.76. The van der Waals surface area contributed by atoms with Gasteiger partial charge in [-0.05, 0) is 18.8 Å². The van der Waals surface area contributed by atoms with Gasteiger partial charge < -0.3 is 10.6 Å². The van der Waals surface area contributed by atoms with Crippen molar-refractivity contribution < 1.29 is 0 Å². The average Bonchev–Trinajstić information content (AvgIpc) is 2.77. The van der Waals surface area contributed by atoms with E-state index in [0.717, 1.165) is 37.2 Å². The van der Waals surface area contributed by atoms with E-state index in [-0.39, 0.29) is 0 Å². The minimum absolute atomic E-state index is 0.339. The van der Waals surface area contributed by atoms with E-state index < -0.39 is 0 Å². The third-order valence-electron chi connectivity index (χ3n) is 3.27. The number of nitrogen functional groups attached to an aromatic ring is 1. The molecule has 1 aliphatic rings. The Morgan fingerprint density at radius 1 is 1.29 bits per heavy atom. The summed E-state index contributed by atoms with van der Waals surface area (Å²) in [5, 5.41) is 0. The van der Waals surface area contributed by atoms with Gasteiger partial charge in [0.1, 0.15) is 5.82 Å². The van der Waals surface area contributed by atoms with Gasteiger partial charge in [0, 0.05) is 19.5 Å². The summed E-state index contributed by atoms with van der Waals surface area (Å²) < 4.78 is 0. The van der Waals surface area contributed by atoms with Crippen molar-refractivity contribution in [1.29, 1.82) is 0 Å².